The number of alkyl halides is 3. The van der Waals surface area contributed by atoms with E-state index >= 15 is 0 Å². The van der Waals surface area contributed by atoms with Crippen LogP contribution in [-0.4, -0.2) is 16.7 Å². The van der Waals surface area contributed by atoms with Crippen molar-refractivity contribution in [3.63, 3.8) is 0 Å². The summed E-state index contributed by atoms with van der Waals surface area (Å²) in [5.41, 5.74) is 7.29. The third-order valence-electron chi connectivity index (χ3n) is 1.80. The molecule has 0 atom stereocenters. The lowest BCUT2D eigenvalue weighted by Gasteiger charge is -2.03. The van der Waals surface area contributed by atoms with E-state index in [1.807, 2.05) is 0 Å². The van der Waals surface area contributed by atoms with Crippen molar-refractivity contribution in [2.24, 2.45) is 5.11 Å². The average molecular weight is 231 g/mol. The van der Waals surface area contributed by atoms with Gasteiger partial charge in [0.15, 0.2) is 5.69 Å². The van der Waals surface area contributed by atoms with E-state index in [0.29, 0.717) is 5.69 Å². The van der Waals surface area contributed by atoms with E-state index in [2.05, 4.69) is 20.2 Å². The summed E-state index contributed by atoms with van der Waals surface area (Å²) in [7, 11) is 0. The normalized spacial score (nSPS) is 11.8. The molecule has 5 nitrogen and oxygen atoms in total. The van der Waals surface area contributed by atoms with Crippen molar-refractivity contribution in [1.82, 2.24) is 10.2 Å². The van der Waals surface area contributed by atoms with Gasteiger partial charge in [0.05, 0.1) is 0 Å². The third kappa shape index (κ3) is 2.77. The molecule has 0 amide bonds. The summed E-state index contributed by atoms with van der Waals surface area (Å²) in [6.07, 6.45) is -1.92. The van der Waals surface area contributed by atoms with Crippen LogP contribution in [0.25, 0.3) is 16.5 Å². The fraction of sp³-hybridized carbons (Fsp3) is 0.375. The number of aryl methyl sites for hydroxylation is 1. The van der Waals surface area contributed by atoms with E-state index in [-0.39, 0.29) is 12.1 Å². The number of halogens is 3. The second-order valence-corrected chi connectivity index (χ2v) is 2.92. The maximum Gasteiger partial charge on any atom is 0.435 e. The predicted octanol–water partition coefficient (Wildman–Crippen LogP) is 3.06. The van der Waals surface area contributed by atoms with E-state index in [1.165, 1.54) is 19.1 Å². The molecule has 1 aromatic rings. The molecule has 0 fully saturated rings. The highest BCUT2D eigenvalue weighted by Gasteiger charge is 2.36. The van der Waals surface area contributed by atoms with Gasteiger partial charge in [-0.25, -0.2) is 0 Å². The van der Waals surface area contributed by atoms with Crippen LogP contribution >= 0.6 is 0 Å². The van der Waals surface area contributed by atoms with Gasteiger partial charge in [0.1, 0.15) is 0 Å². The second-order valence-electron chi connectivity index (χ2n) is 2.92. The number of aromatic nitrogens is 2. The van der Waals surface area contributed by atoms with Crippen molar-refractivity contribution in [2.45, 2.75) is 13.1 Å². The molecule has 0 aliphatic heterocycles. The summed E-state index contributed by atoms with van der Waals surface area (Å²) in [5, 5.41) is 8.62. The lowest BCUT2D eigenvalue weighted by Crippen LogP contribution is -2.07. The summed E-state index contributed by atoms with van der Waals surface area (Å²) < 4.78 is 37.3. The Balaban J connectivity index is 2.98. The molecule has 0 radical (unpaired) electrons. The number of nitrogens with one attached hydrogen (secondary N) is 1. The number of hydrogen-bond donors (Lipinski definition) is 1. The Bertz CT molecular complexity index is 439. The SMILES string of the molecule is Cc1[nH]nc(C(F)(F)F)c1C=CCN=[N+]=[N-]. The smallest absolute Gasteiger partial charge is 0.282 e. The minimum Gasteiger partial charge on any atom is -0.282 e. The van der Waals surface area contributed by atoms with E-state index in [1.54, 1.807) is 0 Å². The van der Waals surface area contributed by atoms with Gasteiger partial charge in [-0.05, 0) is 12.5 Å². The van der Waals surface area contributed by atoms with E-state index in [4.69, 9.17) is 5.53 Å². The Morgan fingerprint density at radius 1 is 1.56 bits per heavy atom. The largest absolute Gasteiger partial charge is 0.435 e. The number of nitrogens with zero attached hydrogens (tertiary/aromatic N) is 4. The highest BCUT2D eigenvalue weighted by molar-refractivity contribution is 5.55. The number of H-pyrrole nitrogens is 1. The summed E-state index contributed by atoms with van der Waals surface area (Å²) in [6.45, 7) is 1.48. The zero-order chi connectivity index (χ0) is 12.2. The van der Waals surface area contributed by atoms with Crippen molar-refractivity contribution in [3.05, 3.63) is 33.5 Å². The average Bonchev–Trinajstić information content (AvgIpc) is 2.54. The van der Waals surface area contributed by atoms with Gasteiger partial charge >= 0.3 is 6.18 Å². The van der Waals surface area contributed by atoms with Crippen molar-refractivity contribution in [3.8, 4) is 0 Å². The van der Waals surface area contributed by atoms with Crippen LogP contribution in [0.1, 0.15) is 17.0 Å². The molecule has 0 aliphatic rings. The van der Waals surface area contributed by atoms with Gasteiger partial charge in [-0.3, -0.25) is 5.10 Å². The maximum absolute atomic E-state index is 12.4. The molecule has 86 valence electrons. The quantitative estimate of drug-likeness (QED) is 0.484. The molecule has 1 rings (SSSR count). The van der Waals surface area contributed by atoms with Crippen LogP contribution in [0.2, 0.25) is 0 Å². The summed E-state index contributed by atoms with van der Waals surface area (Å²) >= 11 is 0. The molecule has 0 saturated heterocycles. The van der Waals surface area contributed by atoms with Gasteiger partial charge < -0.3 is 0 Å². The summed E-state index contributed by atoms with van der Waals surface area (Å²) in [6, 6.07) is 0. The lowest BCUT2D eigenvalue weighted by molar-refractivity contribution is -0.141. The summed E-state index contributed by atoms with van der Waals surface area (Å²) in [5.74, 6) is 0. The van der Waals surface area contributed by atoms with Gasteiger partial charge in [-0.1, -0.05) is 17.3 Å². The first-order chi connectivity index (χ1) is 7.46. The molecule has 1 heterocycles. The fourth-order valence-corrected chi connectivity index (χ4v) is 1.11. The van der Waals surface area contributed by atoms with E-state index in [9.17, 15) is 13.2 Å². The second kappa shape index (κ2) is 4.71. The molecule has 1 N–H and O–H groups in total. The van der Waals surface area contributed by atoms with E-state index in [0.717, 1.165) is 0 Å². The minimum atomic E-state index is -4.50. The van der Waals surface area contributed by atoms with Crippen LogP contribution in [0.4, 0.5) is 13.2 Å². The fourth-order valence-electron chi connectivity index (χ4n) is 1.11. The molecular formula is C8H8F3N5. The lowest BCUT2D eigenvalue weighted by atomic mass is 10.1. The molecule has 0 saturated carbocycles. The standard InChI is InChI=1S/C8H8F3N5/c1-5-6(3-2-4-13-16-12)7(15-14-5)8(9,10)11/h2-3H,4H2,1H3,(H,14,15). The number of aromatic amines is 1. The van der Waals surface area contributed by atoms with Crippen LogP contribution < -0.4 is 0 Å². The van der Waals surface area contributed by atoms with Gasteiger partial charge in [0.25, 0.3) is 0 Å². The van der Waals surface area contributed by atoms with Gasteiger partial charge in [0.2, 0.25) is 0 Å². The van der Waals surface area contributed by atoms with Crippen molar-refractivity contribution < 1.29 is 13.2 Å². The Morgan fingerprint density at radius 2 is 2.25 bits per heavy atom. The predicted molar refractivity (Wildman–Crippen MR) is 51.4 cm³/mol. The number of rotatable bonds is 3. The molecule has 16 heavy (non-hydrogen) atoms. The summed E-state index contributed by atoms with van der Waals surface area (Å²) in [4.78, 5) is 2.48. The van der Waals surface area contributed by atoms with Gasteiger partial charge in [0, 0.05) is 22.7 Å². The first-order valence-electron chi connectivity index (χ1n) is 4.26. The van der Waals surface area contributed by atoms with Gasteiger partial charge in [-0.15, -0.1) is 0 Å². The molecule has 8 heteroatoms. The zero-order valence-electron chi connectivity index (χ0n) is 8.28. The molecule has 0 aromatic carbocycles. The van der Waals surface area contributed by atoms with E-state index < -0.39 is 11.9 Å². The van der Waals surface area contributed by atoms with Crippen molar-refractivity contribution in [2.75, 3.05) is 6.54 Å². The Kier molecular flexibility index (Phi) is 3.57. The first-order valence-corrected chi connectivity index (χ1v) is 4.26. The monoisotopic (exact) mass is 231 g/mol. The molecule has 0 bridgehead atoms. The Morgan fingerprint density at radius 3 is 2.81 bits per heavy atom. The van der Waals surface area contributed by atoms with Crippen LogP contribution in [0.5, 0.6) is 0 Å². The maximum atomic E-state index is 12.4. The van der Waals surface area contributed by atoms with Crippen LogP contribution in [0.15, 0.2) is 11.2 Å². The highest BCUT2D eigenvalue weighted by atomic mass is 19.4. The molecule has 0 spiro atoms. The van der Waals surface area contributed by atoms with Crippen LogP contribution in [0, 0.1) is 6.92 Å². The Labute approximate surface area is 88.6 Å². The number of azide groups is 1. The van der Waals surface area contributed by atoms with Gasteiger partial charge in [-0.2, -0.15) is 18.3 Å². The van der Waals surface area contributed by atoms with Crippen molar-refractivity contribution >= 4 is 6.08 Å². The van der Waals surface area contributed by atoms with Crippen LogP contribution in [-0.2, 0) is 6.18 Å². The van der Waals surface area contributed by atoms with Crippen molar-refractivity contribution in [1.29, 1.82) is 0 Å². The molecular weight excluding hydrogens is 223 g/mol. The topological polar surface area (TPSA) is 77.4 Å². The molecule has 0 unspecified atom stereocenters. The Hall–Kier alpha value is -1.95. The molecule has 1 aromatic heterocycles. The van der Waals surface area contributed by atoms with Crippen LogP contribution in [0.3, 0.4) is 0 Å². The molecule has 0 aliphatic carbocycles. The number of hydrogen-bond acceptors (Lipinski definition) is 2. The third-order valence-corrected chi connectivity index (χ3v) is 1.80. The first kappa shape index (κ1) is 12.1. The highest BCUT2D eigenvalue weighted by Crippen LogP contribution is 2.31. The minimum absolute atomic E-state index is 0.00157. The zero-order valence-corrected chi connectivity index (χ0v) is 8.28.